The summed E-state index contributed by atoms with van der Waals surface area (Å²) in [5.41, 5.74) is 2.85. The van der Waals surface area contributed by atoms with Crippen molar-refractivity contribution in [2.75, 3.05) is 13.1 Å². The lowest BCUT2D eigenvalue weighted by Gasteiger charge is -2.28. The Morgan fingerprint density at radius 1 is 1.10 bits per heavy atom. The average molecular weight is 303 g/mol. The molecule has 1 atom stereocenters. The van der Waals surface area contributed by atoms with Gasteiger partial charge in [0.1, 0.15) is 0 Å². The molecule has 0 heterocycles. The van der Waals surface area contributed by atoms with E-state index in [0.29, 0.717) is 0 Å². The van der Waals surface area contributed by atoms with Crippen LogP contribution in [0.15, 0.2) is 18.2 Å². The van der Waals surface area contributed by atoms with Crippen molar-refractivity contribution in [2.24, 2.45) is 0 Å². The zero-order chi connectivity index (χ0) is 16.2. The van der Waals surface area contributed by atoms with E-state index in [9.17, 15) is 18.3 Å². The van der Waals surface area contributed by atoms with Crippen molar-refractivity contribution in [2.45, 2.75) is 52.4 Å². The van der Waals surface area contributed by atoms with Gasteiger partial charge in [0, 0.05) is 12.6 Å². The van der Waals surface area contributed by atoms with Crippen molar-refractivity contribution in [1.29, 1.82) is 0 Å². The van der Waals surface area contributed by atoms with Crippen LogP contribution in [0.2, 0.25) is 0 Å². The van der Waals surface area contributed by atoms with Crippen LogP contribution < -0.4 is 0 Å². The van der Waals surface area contributed by atoms with Gasteiger partial charge in [0.2, 0.25) is 0 Å². The highest BCUT2D eigenvalue weighted by molar-refractivity contribution is 5.29. The fraction of sp³-hybridized carbons (Fsp3) is 0.625. The van der Waals surface area contributed by atoms with Gasteiger partial charge in [-0.2, -0.15) is 13.2 Å². The summed E-state index contributed by atoms with van der Waals surface area (Å²) < 4.78 is 37.5. The normalized spacial score (nSPS) is 14.0. The molecule has 0 saturated carbocycles. The Balaban J connectivity index is 2.66. The summed E-state index contributed by atoms with van der Waals surface area (Å²) in [5, 5.41) is 10.2. The molecule has 120 valence electrons. The summed E-state index contributed by atoms with van der Waals surface area (Å²) in [5.74, 6) is 0. The number of aliphatic hydroxyl groups is 1. The minimum atomic E-state index is -4.21. The second-order valence-corrected chi connectivity index (χ2v) is 5.90. The number of aryl methyl sites for hydroxylation is 2. The number of nitrogens with zero attached hydrogens (tertiary/aromatic N) is 1. The Bertz CT molecular complexity index is 437. The van der Waals surface area contributed by atoms with Gasteiger partial charge in [-0.25, -0.2) is 0 Å². The van der Waals surface area contributed by atoms with Crippen LogP contribution in [0.4, 0.5) is 13.2 Å². The Kier molecular flexibility index (Phi) is 6.23. The number of hydrogen-bond donors (Lipinski definition) is 1. The summed E-state index contributed by atoms with van der Waals surface area (Å²) in [7, 11) is 0. The quantitative estimate of drug-likeness (QED) is 0.858. The zero-order valence-electron chi connectivity index (χ0n) is 13.0. The third-order valence-corrected chi connectivity index (χ3v) is 3.43. The Morgan fingerprint density at radius 2 is 1.62 bits per heavy atom. The maximum Gasteiger partial charge on any atom is 0.401 e. The van der Waals surface area contributed by atoms with Gasteiger partial charge in [-0.05, 0) is 39.7 Å². The van der Waals surface area contributed by atoms with Crippen LogP contribution in [0, 0.1) is 13.8 Å². The van der Waals surface area contributed by atoms with E-state index in [1.54, 1.807) is 13.8 Å². The topological polar surface area (TPSA) is 23.5 Å². The van der Waals surface area contributed by atoms with Crippen LogP contribution in [0.3, 0.4) is 0 Å². The van der Waals surface area contributed by atoms with Gasteiger partial charge in [0.05, 0.1) is 12.6 Å². The molecule has 0 saturated heterocycles. The van der Waals surface area contributed by atoms with E-state index < -0.39 is 18.8 Å². The monoisotopic (exact) mass is 303 g/mol. The molecule has 1 aromatic rings. The third-order valence-electron chi connectivity index (χ3n) is 3.43. The third kappa shape index (κ3) is 6.48. The van der Waals surface area contributed by atoms with E-state index in [-0.39, 0.29) is 19.0 Å². The number of rotatable bonds is 6. The molecule has 1 unspecified atom stereocenters. The molecular formula is C16H24F3NO. The number of alkyl halides is 3. The molecular weight excluding hydrogens is 279 g/mol. The van der Waals surface area contributed by atoms with Gasteiger partial charge < -0.3 is 5.11 Å². The highest BCUT2D eigenvalue weighted by Gasteiger charge is 2.31. The number of aliphatic hydroxyl groups excluding tert-OH is 1. The lowest BCUT2D eigenvalue weighted by Crippen LogP contribution is -2.40. The molecule has 0 aliphatic rings. The minimum absolute atomic E-state index is 0.210. The van der Waals surface area contributed by atoms with Crippen molar-refractivity contribution in [3.05, 3.63) is 34.9 Å². The number of hydrogen-bond acceptors (Lipinski definition) is 2. The lowest BCUT2D eigenvalue weighted by molar-refractivity contribution is -0.150. The molecule has 5 heteroatoms. The van der Waals surface area contributed by atoms with Crippen LogP contribution >= 0.6 is 0 Å². The maximum atomic E-state index is 12.5. The highest BCUT2D eigenvalue weighted by atomic mass is 19.4. The molecule has 0 aromatic heterocycles. The fourth-order valence-corrected chi connectivity index (χ4v) is 2.41. The van der Waals surface area contributed by atoms with Crippen LogP contribution in [0.1, 0.15) is 43.1 Å². The fourth-order valence-electron chi connectivity index (χ4n) is 2.41. The Hall–Kier alpha value is -1.07. The second-order valence-electron chi connectivity index (χ2n) is 5.90. The van der Waals surface area contributed by atoms with Gasteiger partial charge >= 0.3 is 6.18 Å². The van der Waals surface area contributed by atoms with E-state index in [4.69, 9.17) is 0 Å². The van der Waals surface area contributed by atoms with Gasteiger partial charge in [-0.3, -0.25) is 4.90 Å². The van der Waals surface area contributed by atoms with Crippen LogP contribution in [0.25, 0.3) is 0 Å². The van der Waals surface area contributed by atoms with E-state index >= 15 is 0 Å². The Morgan fingerprint density at radius 3 is 2.05 bits per heavy atom. The molecule has 0 bridgehead atoms. The lowest BCUT2D eigenvalue weighted by atomic mass is 10.0. The van der Waals surface area contributed by atoms with Crippen LogP contribution in [0.5, 0.6) is 0 Å². The van der Waals surface area contributed by atoms with Crippen molar-refractivity contribution in [3.63, 3.8) is 0 Å². The van der Waals surface area contributed by atoms with Crippen LogP contribution in [-0.4, -0.2) is 35.3 Å². The summed E-state index contributed by atoms with van der Waals surface area (Å²) in [6, 6.07) is 5.54. The minimum Gasteiger partial charge on any atom is -0.388 e. The summed E-state index contributed by atoms with van der Waals surface area (Å²) in [4.78, 5) is 1.34. The van der Waals surface area contributed by atoms with Crippen molar-refractivity contribution in [3.8, 4) is 0 Å². The molecule has 21 heavy (non-hydrogen) atoms. The molecule has 0 aliphatic carbocycles. The molecule has 0 spiro atoms. The van der Waals surface area contributed by atoms with Crippen LogP contribution in [-0.2, 0) is 0 Å². The van der Waals surface area contributed by atoms with Gasteiger partial charge in [-0.1, -0.05) is 29.3 Å². The SMILES string of the molecule is Cc1cc(C)cc(C(O)CCN(CC(F)(F)F)C(C)C)c1. The predicted molar refractivity (Wildman–Crippen MR) is 78.3 cm³/mol. The molecule has 1 aromatic carbocycles. The standard InChI is InChI=1S/C16H24F3NO/c1-11(2)20(10-16(17,18)19)6-5-15(21)14-8-12(3)7-13(4)9-14/h7-9,11,15,21H,5-6,10H2,1-4H3. The zero-order valence-corrected chi connectivity index (χ0v) is 13.0. The smallest absolute Gasteiger partial charge is 0.388 e. The predicted octanol–water partition coefficient (Wildman–Crippen LogP) is 4.00. The molecule has 0 radical (unpaired) electrons. The summed E-state index contributed by atoms with van der Waals surface area (Å²) >= 11 is 0. The maximum absolute atomic E-state index is 12.5. The van der Waals surface area contributed by atoms with Crippen molar-refractivity contribution in [1.82, 2.24) is 4.90 Å². The molecule has 1 rings (SSSR count). The number of halogens is 3. The largest absolute Gasteiger partial charge is 0.401 e. The second kappa shape index (κ2) is 7.27. The van der Waals surface area contributed by atoms with E-state index in [2.05, 4.69) is 0 Å². The molecule has 2 nitrogen and oxygen atoms in total. The molecule has 0 aliphatic heterocycles. The average Bonchev–Trinajstić information content (AvgIpc) is 2.31. The van der Waals surface area contributed by atoms with E-state index in [1.165, 1.54) is 4.90 Å². The first kappa shape index (κ1) is 18.0. The first-order valence-corrected chi connectivity index (χ1v) is 7.15. The highest BCUT2D eigenvalue weighted by Crippen LogP contribution is 2.22. The van der Waals surface area contributed by atoms with Crippen molar-refractivity contribution >= 4 is 0 Å². The molecule has 0 amide bonds. The summed E-state index contributed by atoms with van der Waals surface area (Å²) in [6.07, 6.45) is -4.66. The first-order valence-electron chi connectivity index (χ1n) is 7.15. The van der Waals surface area contributed by atoms with Gasteiger partial charge in [0.15, 0.2) is 0 Å². The van der Waals surface area contributed by atoms with E-state index in [1.807, 2.05) is 32.0 Å². The molecule has 1 N–H and O–H groups in total. The first-order chi connectivity index (χ1) is 9.58. The van der Waals surface area contributed by atoms with Gasteiger partial charge in [-0.15, -0.1) is 0 Å². The van der Waals surface area contributed by atoms with Crippen molar-refractivity contribution < 1.29 is 18.3 Å². The summed E-state index contributed by atoms with van der Waals surface area (Å²) in [6.45, 7) is 6.61. The van der Waals surface area contributed by atoms with E-state index in [0.717, 1.165) is 16.7 Å². The van der Waals surface area contributed by atoms with Gasteiger partial charge in [0.25, 0.3) is 0 Å². The molecule has 0 fully saturated rings. The Labute approximate surface area is 124 Å². The number of benzene rings is 1.